The van der Waals surface area contributed by atoms with Crippen molar-refractivity contribution in [3.8, 4) is 0 Å². The highest BCUT2D eigenvalue weighted by Gasteiger charge is 2.34. The molecule has 1 saturated heterocycles. The van der Waals surface area contributed by atoms with E-state index in [1.165, 1.54) is 12.8 Å². The van der Waals surface area contributed by atoms with Crippen molar-refractivity contribution in [2.75, 3.05) is 33.4 Å². The number of hydrogen-bond acceptors (Lipinski definition) is 4. The van der Waals surface area contributed by atoms with E-state index in [9.17, 15) is 4.79 Å². The molecule has 1 unspecified atom stereocenters. The molecule has 0 aromatic heterocycles. The summed E-state index contributed by atoms with van der Waals surface area (Å²) in [6.45, 7) is 5.32. The molecule has 0 bridgehead atoms. The molecule has 2 aliphatic rings. The predicted octanol–water partition coefficient (Wildman–Crippen LogP) is 5.15. The van der Waals surface area contributed by atoms with Crippen molar-refractivity contribution in [2.24, 2.45) is 0 Å². The first kappa shape index (κ1) is 23.4. The fourth-order valence-electron chi connectivity index (χ4n) is 3.97. The molecule has 1 aromatic rings. The van der Waals surface area contributed by atoms with Crippen molar-refractivity contribution in [1.82, 2.24) is 10.2 Å². The number of methoxy groups -OCH3 is 1. The topological polar surface area (TPSA) is 50.8 Å². The van der Waals surface area contributed by atoms with Crippen molar-refractivity contribution in [3.05, 3.63) is 70.3 Å². The van der Waals surface area contributed by atoms with Crippen molar-refractivity contribution >= 4 is 17.5 Å². The lowest BCUT2D eigenvalue weighted by molar-refractivity contribution is -0.127. The highest BCUT2D eigenvalue weighted by molar-refractivity contribution is 6.30. The monoisotopic (exact) mass is 444 g/mol. The van der Waals surface area contributed by atoms with Crippen LogP contribution in [0.2, 0.25) is 5.02 Å². The van der Waals surface area contributed by atoms with Gasteiger partial charge in [-0.05, 0) is 68.2 Å². The first-order valence-corrected chi connectivity index (χ1v) is 11.6. The molecule has 1 amide bonds. The van der Waals surface area contributed by atoms with Gasteiger partial charge in [0.05, 0.1) is 13.0 Å². The molecule has 1 atom stereocenters. The van der Waals surface area contributed by atoms with E-state index < -0.39 is 0 Å². The first-order valence-electron chi connectivity index (χ1n) is 11.2. The van der Waals surface area contributed by atoms with Gasteiger partial charge in [0.1, 0.15) is 6.61 Å². The number of amides is 1. The van der Waals surface area contributed by atoms with Gasteiger partial charge in [-0.2, -0.15) is 0 Å². The predicted molar refractivity (Wildman–Crippen MR) is 125 cm³/mol. The SMILES string of the molecule is CCCCNCCOC1=C/CC/C(N2CCC(c3cccc(Cl)c3)C2=O)=C/C=C\1OC. The maximum absolute atomic E-state index is 13.1. The Hall–Kier alpha value is -2.24. The summed E-state index contributed by atoms with van der Waals surface area (Å²) in [4.78, 5) is 15.0. The molecule has 5 nitrogen and oxygen atoms in total. The van der Waals surface area contributed by atoms with Crippen LogP contribution in [0.25, 0.3) is 0 Å². The summed E-state index contributed by atoms with van der Waals surface area (Å²) in [6.07, 6.45) is 10.7. The average molecular weight is 445 g/mol. The molecule has 0 saturated carbocycles. The van der Waals surface area contributed by atoms with Crippen LogP contribution < -0.4 is 5.32 Å². The van der Waals surface area contributed by atoms with Crippen LogP contribution >= 0.6 is 11.6 Å². The summed E-state index contributed by atoms with van der Waals surface area (Å²) in [5.41, 5.74) is 2.00. The van der Waals surface area contributed by atoms with Crippen molar-refractivity contribution in [3.63, 3.8) is 0 Å². The number of nitrogens with one attached hydrogen (secondary N) is 1. The number of benzene rings is 1. The van der Waals surface area contributed by atoms with Crippen LogP contribution in [-0.2, 0) is 14.3 Å². The Morgan fingerprint density at radius 2 is 2.10 bits per heavy atom. The van der Waals surface area contributed by atoms with Gasteiger partial charge < -0.3 is 19.7 Å². The zero-order valence-electron chi connectivity index (χ0n) is 18.5. The number of ether oxygens (including phenoxy) is 2. The standard InChI is InChI=1S/C25H33ClN2O3/c1-3-4-14-27-15-17-31-24-10-6-9-21(11-12-23(24)30-2)28-16-13-22(25(28)29)19-7-5-8-20(26)18-19/h5,7-8,10-12,18,22,27H,3-4,6,9,13-17H2,1-2H3/b21-11-,23-12+,24-10+. The minimum Gasteiger partial charge on any atom is -0.493 e. The fraction of sp³-hybridized carbons (Fsp3) is 0.480. The zero-order valence-corrected chi connectivity index (χ0v) is 19.3. The number of carbonyl (C=O) groups excluding carboxylic acids is 1. The lowest BCUT2D eigenvalue weighted by Gasteiger charge is -2.22. The summed E-state index contributed by atoms with van der Waals surface area (Å²) in [7, 11) is 1.65. The molecule has 1 aliphatic heterocycles. The molecule has 6 heteroatoms. The van der Waals surface area contributed by atoms with Crippen LogP contribution in [0.1, 0.15) is 50.5 Å². The van der Waals surface area contributed by atoms with Gasteiger partial charge in [0.15, 0.2) is 11.5 Å². The van der Waals surface area contributed by atoms with Crippen molar-refractivity contribution < 1.29 is 14.3 Å². The van der Waals surface area contributed by atoms with Gasteiger partial charge >= 0.3 is 0 Å². The van der Waals surface area contributed by atoms with Gasteiger partial charge in [-0.15, -0.1) is 0 Å². The molecule has 31 heavy (non-hydrogen) atoms. The van der Waals surface area contributed by atoms with E-state index in [0.29, 0.717) is 23.9 Å². The number of nitrogens with zero attached hydrogens (tertiary/aromatic N) is 1. The van der Waals surface area contributed by atoms with Crippen LogP contribution in [0, 0.1) is 0 Å². The smallest absolute Gasteiger partial charge is 0.234 e. The number of carbonyl (C=O) groups is 1. The molecule has 1 aliphatic carbocycles. The number of allylic oxidation sites excluding steroid dienone is 4. The van der Waals surface area contributed by atoms with E-state index in [1.807, 2.05) is 41.3 Å². The van der Waals surface area contributed by atoms with Crippen molar-refractivity contribution in [1.29, 1.82) is 0 Å². The normalized spacial score (nSPS) is 24.4. The molecule has 0 radical (unpaired) electrons. The number of unbranched alkanes of at least 4 members (excludes halogenated alkanes) is 1. The molecule has 3 rings (SSSR count). The van der Waals surface area contributed by atoms with Gasteiger partial charge in [0, 0.05) is 23.8 Å². The molecular weight excluding hydrogens is 412 g/mol. The third-order valence-electron chi connectivity index (χ3n) is 5.67. The minimum absolute atomic E-state index is 0.134. The summed E-state index contributed by atoms with van der Waals surface area (Å²) >= 11 is 6.13. The quantitative estimate of drug-likeness (QED) is 0.507. The second-order valence-corrected chi connectivity index (χ2v) is 8.27. The van der Waals surface area contributed by atoms with Crippen molar-refractivity contribution in [2.45, 2.75) is 44.9 Å². The number of likely N-dealkylation sites (tertiary alicyclic amines) is 1. The Kier molecular flexibility index (Phi) is 9.04. The molecule has 1 aromatic carbocycles. The van der Waals surface area contributed by atoms with Crippen LogP contribution in [0.3, 0.4) is 0 Å². The number of rotatable bonds is 10. The van der Waals surface area contributed by atoms with Crippen LogP contribution in [0.4, 0.5) is 0 Å². The Bertz CT molecular complexity index is 847. The van der Waals surface area contributed by atoms with Gasteiger partial charge in [-0.3, -0.25) is 4.79 Å². The molecule has 168 valence electrons. The lowest BCUT2D eigenvalue weighted by Crippen LogP contribution is -2.26. The van der Waals surface area contributed by atoms with Crippen LogP contribution in [-0.4, -0.2) is 44.2 Å². The Morgan fingerprint density at radius 3 is 2.87 bits per heavy atom. The lowest BCUT2D eigenvalue weighted by atomic mass is 9.98. The molecule has 1 heterocycles. The van der Waals surface area contributed by atoms with Gasteiger partial charge in [0.2, 0.25) is 5.91 Å². The Morgan fingerprint density at radius 1 is 1.23 bits per heavy atom. The molecule has 1 fully saturated rings. The van der Waals surface area contributed by atoms with Gasteiger partial charge in [0.25, 0.3) is 0 Å². The highest BCUT2D eigenvalue weighted by Crippen LogP contribution is 2.34. The molecular formula is C25H33ClN2O3. The Balaban J connectivity index is 1.63. The van der Waals surface area contributed by atoms with E-state index in [1.54, 1.807) is 7.11 Å². The summed E-state index contributed by atoms with van der Waals surface area (Å²) in [5, 5.41) is 4.05. The van der Waals surface area contributed by atoms with E-state index >= 15 is 0 Å². The van der Waals surface area contributed by atoms with E-state index in [0.717, 1.165) is 49.4 Å². The second-order valence-electron chi connectivity index (χ2n) is 7.84. The van der Waals surface area contributed by atoms with Gasteiger partial charge in [-0.1, -0.05) is 37.1 Å². The second kappa shape index (κ2) is 12.0. The van der Waals surface area contributed by atoms with Gasteiger partial charge in [-0.25, -0.2) is 0 Å². The van der Waals surface area contributed by atoms with Crippen LogP contribution in [0.15, 0.2) is 59.7 Å². The third kappa shape index (κ3) is 6.37. The number of halogens is 1. The Labute approximate surface area is 190 Å². The zero-order chi connectivity index (χ0) is 22.1. The molecule has 1 N–H and O–H groups in total. The maximum atomic E-state index is 13.1. The van der Waals surface area contributed by atoms with E-state index in [4.69, 9.17) is 21.1 Å². The first-order chi connectivity index (χ1) is 15.1. The molecule has 0 spiro atoms. The van der Waals surface area contributed by atoms with E-state index in [2.05, 4.69) is 18.3 Å². The van der Waals surface area contributed by atoms with Crippen LogP contribution in [0.5, 0.6) is 0 Å². The minimum atomic E-state index is -0.134. The fourth-order valence-corrected chi connectivity index (χ4v) is 4.17. The van der Waals surface area contributed by atoms with E-state index in [-0.39, 0.29) is 11.8 Å². The summed E-state index contributed by atoms with van der Waals surface area (Å²) < 4.78 is 11.5. The number of hydrogen-bond donors (Lipinski definition) is 1. The summed E-state index contributed by atoms with van der Waals surface area (Å²) in [6, 6.07) is 7.62. The maximum Gasteiger partial charge on any atom is 0.234 e. The summed E-state index contributed by atoms with van der Waals surface area (Å²) in [5.74, 6) is 1.45. The third-order valence-corrected chi connectivity index (χ3v) is 5.90. The average Bonchev–Trinajstić information content (AvgIpc) is 3.13. The highest BCUT2D eigenvalue weighted by atomic mass is 35.5. The largest absolute Gasteiger partial charge is 0.493 e.